The molecule has 0 radical (unpaired) electrons. The number of nitrogens with one attached hydrogen (secondary N) is 2. The lowest BCUT2D eigenvalue weighted by molar-refractivity contribution is -0.00955. The van der Waals surface area contributed by atoms with Crippen LogP contribution in [0, 0.1) is 23.7 Å². The van der Waals surface area contributed by atoms with E-state index in [4.69, 9.17) is 0 Å². The van der Waals surface area contributed by atoms with Gasteiger partial charge in [0.05, 0.1) is 6.04 Å². The summed E-state index contributed by atoms with van der Waals surface area (Å²) in [4.78, 5) is 14.9. The van der Waals surface area contributed by atoms with Gasteiger partial charge >= 0.3 is 6.03 Å². The first-order chi connectivity index (χ1) is 12.1. The molecule has 4 aliphatic carbocycles. The van der Waals surface area contributed by atoms with Gasteiger partial charge in [0.15, 0.2) is 0 Å². The first-order valence-corrected chi connectivity index (χ1v) is 9.85. The Morgan fingerprint density at radius 3 is 2.20 bits per heavy atom. The Morgan fingerprint density at radius 2 is 1.64 bits per heavy atom. The van der Waals surface area contributed by atoms with Crippen molar-refractivity contribution in [1.29, 1.82) is 0 Å². The van der Waals surface area contributed by atoms with E-state index in [2.05, 4.69) is 27.7 Å². The number of hydrogen-bond acceptors (Lipinski definition) is 2. The maximum Gasteiger partial charge on any atom is 0.315 e. The van der Waals surface area contributed by atoms with E-state index in [1.54, 1.807) is 0 Å². The predicted molar refractivity (Wildman–Crippen MR) is 100 cm³/mol. The zero-order valence-electron chi connectivity index (χ0n) is 15.4. The number of likely N-dealkylation sites (N-methyl/N-ethyl adjacent to an activating group) is 1. The molecule has 25 heavy (non-hydrogen) atoms. The Bertz CT molecular complexity index is 572. The molecule has 2 amide bonds. The van der Waals surface area contributed by atoms with Crippen molar-refractivity contribution in [2.24, 2.45) is 23.7 Å². The maximum absolute atomic E-state index is 12.8. The number of urea groups is 1. The van der Waals surface area contributed by atoms with Gasteiger partial charge in [-0.05, 0) is 75.4 Å². The Labute approximate surface area is 151 Å². The number of hydrogen-bond donors (Lipinski definition) is 2. The Kier molecular flexibility index (Phi) is 4.72. The number of nitrogens with zero attached hydrogens (tertiary/aromatic N) is 1. The third-order valence-corrected chi connectivity index (χ3v) is 6.58. The summed E-state index contributed by atoms with van der Waals surface area (Å²) >= 11 is 0. The molecule has 4 bridgehead atoms. The van der Waals surface area contributed by atoms with Crippen LogP contribution in [0.1, 0.15) is 43.7 Å². The summed E-state index contributed by atoms with van der Waals surface area (Å²) in [5.74, 6) is 3.31. The molecule has 0 heterocycles. The van der Waals surface area contributed by atoms with Gasteiger partial charge in [-0.25, -0.2) is 4.79 Å². The van der Waals surface area contributed by atoms with Crippen LogP contribution in [-0.2, 0) is 0 Å². The molecule has 0 saturated heterocycles. The number of rotatable bonds is 5. The molecule has 1 aromatic rings. The van der Waals surface area contributed by atoms with Crippen LogP contribution in [0.4, 0.5) is 4.79 Å². The molecular formula is C21H31N3O. The summed E-state index contributed by atoms with van der Waals surface area (Å²) in [5, 5.41) is 6.60. The molecule has 5 rings (SSSR count). The van der Waals surface area contributed by atoms with Gasteiger partial charge in [-0.1, -0.05) is 30.3 Å². The van der Waals surface area contributed by atoms with Crippen molar-refractivity contribution in [3.8, 4) is 0 Å². The predicted octanol–water partition coefficient (Wildman–Crippen LogP) is 3.41. The number of carbonyl (C=O) groups excluding carboxylic acids is 1. The van der Waals surface area contributed by atoms with Crippen molar-refractivity contribution < 1.29 is 4.79 Å². The van der Waals surface area contributed by atoms with Crippen molar-refractivity contribution >= 4 is 6.03 Å². The highest BCUT2D eigenvalue weighted by Gasteiger charge is 2.48. The molecule has 1 aromatic carbocycles. The third-order valence-electron chi connectivity index (χ3n) is 6.58. The van der Waals surface area contributed by atoms with E-state index in [1.165, 1.54) is 32.1 Å². The zero-order chi connectivity index (χ0) is 17.4. The van der Waals surface area contributed by atoms with Crippen LogP contribution in [0.3, 0.4) is 0 Å². The molecule has 0 spiro atoms. The molecular weight excluding hydrogens is 310 g/mol. The minimum Gasteiger partial charge on any atom is -0.335 e. The van der Waals surface area contributed by atoms with Gasteiger partial charge in [-0.3, -0.25) is 0 Å². The maximum atomic E-state index is 12.8. The average Bonchev–Trinajstić information content (AvgIpc) is 2.57. The Hall–Kier alpha value is -1.55. The molecule has 1 unspecified atom stereocenters. The minimum atomic E-state index is 0.00757. The second-order valence-electron chi connectivity index (χ2n) is 8.80. The standard InChI is InChI=1S/C21H31N3O/c1-24(2)13-19(16-6-4-3-5-7-16)22-21(25)23-20-17-9-14-8-15(11-17)12-18(20)10-14/h3-7,14-15,17-20H,8-13H2,1-2H3,(H2,22,23,25). The molecule has 0 aliphatic heterocycles. The lowest BCUT2D eigenvalue weighted by Crippen LogP contribution is -2.58. The van der Waals surface area contributed by atoms with Crippen molar-refractivity contribution in [2.45, 2.75) is 44.2 Å². The highest BCUT2D eigenvalue weighted by atomic mass is 16.2. The van der Waals surface area contributed by atoms with E-state index in [0.29, 0.717) is 17.9 Å². The number of carbonyl (C=O) groups is 1. The normalized spacial score (nSPS) is 34.1. The van der Waals surface area contributed by atoms with E-state index >= 15 is 0 Å². The topological polar surface area (TPSA) is 44.4 Å². The summed E-state index contributed by atoms with van der Waals surface area (Å²) in [5.41, 5.74) is 1.16. The molecule has 136 valence electrons. The van der Waals surface area contributed by atoms with Crippen LogP contribution in [-0.4, -0.2) is 37.6 Å². The molecule has 1 atom stereocenters. The monoisotopic (exact) mass is 341 g/mol. The molecule has 4 fully saturated rings. The van der Waals surface area contributed by atoms with E-state index < -0.39 is 0 Å². The Morgan fingerprint density at radius 1 is 1.04 bits per heavy atom. The largest absolute Gasteiger partial charge is 0.335 e. The van der Waals surface area contributed by atoms with Crippen LogP contribution >= 0.6 is 0 Å². The van der Waals surface area contributed by atoms with Crippen LogP contribution in [0.2, 0.25) is 0 Å². The number of benzene rings is 1. The smallest absolute Gasteiger partial charge is 0.315 e. The first-order valence-electron chi connectivity index (χ1n) is 9.85. The summed E-state index contributed by atoms with van der Waals surface area (Å²) < 4.78 is 0. The van der Waals surface area contributed by atoms with E-state index in [0.717, 1.165) is 23.9 Å². The van der Waals surface area contributed by atoms with Crippen molar-refractivity contribution in [3.05, 3.63) is 35.9 Å². The highest BCUT2D eigenvalue weighted by Crippen LogP contribution is 2.53. The van der Waals surface area contributed by atoms with Crippen LogP contribution < -0.4 is 10.6 Å². The van der Waals surface area contributed by atoms with Gasteiger partial charge in [-0.15, -0.1) is 0 Å². The average molecular weight is 341 g/mol. The highest BCUT2D eigenvalue weighted by molar-refractivity contribution is 5.75. The summed E-state index contributed by atoms with van der Waals surface area (Å²) in [6.45, 7) is 0.805. The second kappa shape index (κ2) is 6.99. The summed E-state index contributed by atoms with van der Waals surface area (Å²) in [7, 11) is 4.10. The molecule has 2 N–H and O–H groups in total. The van der Waals surface area contributed by atoms with Crippen LogP contribution in [0.5, 0.6) is 0 Å². The lowest BCUT2D eigenvalue weighted by Gasteiger charge is -2.54. The van der Waals surface area contributed by atoms with Crippen molar-refractivity contribution in [2.75, 3.05) is 20.6 Å². The van der Waals surface area contributed by atoms with Gasteiger partial charge in [0.2, 0.25) is 0 Å². The molecule has 4 saturated carbocycles. The Balaban J connectivity index is 1.40. The minimum absolute atomic E-state index is 0.00757. The quantitative estimate of drug-likeness (QED) is 0.862. The van der Waals surface area contributed by atoms with Gasteiger partial charge in [-0.2, -0.15) is 0 Å². The summed E-state index contributed by atoms with van der Waals surface area (Å²) in [6, 6.07) is 10.7. The van der Waals surface area contributed by atoms with Gasteiger partial charge < -0.3 is 15.5 Å². The SMILES string of the molecule is CN(C)CC(NC(=O)NC1C2CC3CC(C2)CC1C3)c1ccccc1. The first kappa shape index (κ1) is 16.9. The van der Waals surface area contributed by atoms with E-state index in [1.807, 2.05) is 32.3 Å². The third kappa shape index (κ3) is 3.69. The molecule has 0 aromatic heterocycles. The van der Waals surface area contributed by atoms with E-state index in [-0.39, 0.29) is 12.1 Å². The van der Waals surface area contributed by atoms with Gasteiger partial charge in [0, 0.05) is 12.6 Å². The van der Waals surface area contributed by atoms with E-state index in [9.17, 15) is 4.79 Å². The van der Waals surface area contributed by atoms with Crippen molar-refractivity contribution in [3.63, 3.8) is 0 Å². The molecule has 4 aliphatic rings. The van der Waals surface area contributed by atoms with Crippen LogP contribution in [0.25, 0.3) is 0 Å². The van der Waals surface area contributed by atoms with Gasteiger partial charge in [0.25, 0.3) is 0 Å². The fourth-order valence-corrected chi connectivity index (χ4v) is 5.80. The fourth-order valence-electron chi connectivity index (χ4n) is 5.80. The molecule has 4 nitrogen and oxygen atoms in total. The fraction of sp³-hybridized carbons (Fsp3) is 0.667. The number of amides is 2. The van der Waals surface area contributed by atoms with Gasteiger partial charge in [0.1, 0.15) is 0 Å². The second-order valence-corrected chi connectivity index (χ2v) is 8.80. The zero-order valence-corrected chi connectivity index (χ0v) is 15.4. The van der Waals surface area contributed by atoms with Crippen LogP contribution in [0.15, 0.2) is 30.3 Å². The molecule has 4 heteroatoms. The van der Waals surface area contributed by atoms with Crippen molar-refractivity contribution in [1.82, 2.24) is 15.5 Å². The summed E-state index contributed by atoms with van der Waals surface area (Å²) in [6.07, 6.45) is 6.77. The lowest BCUT2D eigenvalue weighted by atomic mass is 9.54.